The maximum atomic E-state index is 12.6. The zero-order valence-electron chi connectivity index (χ0n) is 12.6. The van der Waals surface area contributed by atoms with Crippen molar-refractivity contribution in [3.8, 4) is 0 Å². The van der Waals surface area contributed by atoms with Gasteiger partial charge in [0.05, 0.1) is 0 Å². The second-order valence-electron chi connectivity index (χ2n) is 5.33. The summed E-state index contributed by atoms with van der Waals surface area (Å²) >= 11 is 0. The van der Waals surface area contributed by atoms with Crippen LogP contribution in [0.25, 0.3) is 11.1 Å². The van der Waals surface area contributed by atoms with E-state index in [0.29, 0.717) is 6.01 Å². The van der Waals surface area contributed by atoms with Gasteiger partial charge in [0.25, 0.3) is 6.01 Å². The van der Waals surface area contributed by atoms with E-state index in [1.807, 2.05) is 47.9 Å². The second kappa shape index (κ2) is 5.76. The summed E-state index contributed by atoms with van der Waals surface area (Å²) in [6.45, 7) is 6.34. The second-order valence-corrected chi connectivity index (χ2v) is 5.33. The summed E-state index contributed by atoms with van der Waals surface area (Å²) in [6, 6.07) is 8.14. The molecule has 1 aliphatic rings. The monoisotopic (exact) mass is 287 g/mol. The van der Waals surface area contributed by atoms with Crippen molar-refractivity contribution in [1.29, 1.82) is 0 Å². The number of aromatic nitrogens is 1. The van der Waals surface area contributed by atoms with Crippen molar-refractivity contribution in [2.45, 2.75) is 32.7 Å². The number of fused-ring (bicyclic) bond motifs is 1. The molecule has 21 heavy (non-hydrogen) atoms. The van der Waals surface area contributed by atoms with Crippen molar-refractivity contribution < 1.29 is 9.21 Å². The van der Waals surface area contributed by atoms with Gasteiger partial charge in [0, 0.05) is 19.6 Å². The minimum atomic E-state index is -0.141. The molecule has 1 aromatic heterocycles. The molecule has 1 fully saturated rings. The molecule has 2 aromatic rings. The van der Waals surface area contributed by atoms with E-state index in [9.17, 15) is 4.79 Å². The number of hydrogen-bond donors (Lipinski definition) is 0. The Hall–Kier alpha value is -2.04. The molecule has 0 N–H and O–H groups in total. The van der Waals surface area contributed by atoms with E-state index in [0.717, 1.165) is 43.6 Å². The number of nitrogens with zero attached hydrogens (tertiary/aromatic N) is 3. The predicted octanol–water partition coefficient (Wildman–Crippen LogP) is 2.67. The van der Waals surface area contributed by atoms with Gasteiger partial charge in [0.1, 0.15) is 11.6 Å². The Morgan fingerprint density at radius 1 is 1.38 bits per heavy atom. The van der Waals surface area contributed by atoms with Crippen LogP contribution in [0.5, 0.6) is 0 Å². The number of carbonyl (C=O) groups is 1. The van der Waals surface area contributed by atoms with Crippen LogP contribution in [-0.2, 0) is 4.79 Å². The third-order valence-electron chi connectivity index (χ3n) is 4.14. The summed E-state index contributed by atoms with van der Waals surface area (Å²) in [5.74, 6) is 0.180. The quantitative estimate of drug-likeness (QED) is 0.867. The molecule has 1 amide bonds. The number of amides is 1. The fraction of sp³-hybridized carbons (Fsp3) is 0.500. The fourth-order valence-electron chi connectivity index (χ4n) is 2.98. The number of benzene rings is 1. The molecule has 5 nitrogen and oxygen atoms in total. The van der Waals surface area contributed by atoms with Gasteiger partial charge in [-0.15, -0.1) is 0 Å². The molecule has 3 rings (SSSR count). The first kappa shape index (κ1) is 13.9. The van der Waals surface area contributed by atoms with Gasteiger partial charge in [-0.2, -0.15) is 4.98 Å². The predicted molar refractivity (Wildman–Crippen MR) is 82.3 cm³/mol. The molecule has 1 saturated heterocycles. The van der Waals surface area contributed by atoms with E-state index in [1.165, 1.54) is 0 Å². The lowest BCUT2D eigenvalue weighted by Crippen LogP contribution is -2.45. The number of para-hydroxylation sites is 2. The number of oxazole rings is 1. The Morgan fingerprint density at radius 3 is 2.86 bits per heavy atom. The van der Waals surface area contributed by atoms with E-state index in [-0.39, 0.29) is 11.9 Å². The van der Waals surface area contributed by atoms with Gasteiger partial charge >= 0.3 is 0 Å². The molecular weight excluding hydrogens is 266 g/mol. The largest absolute Gasteiger partial charge is 0.423 e. The number of anilines is 1. The molecule has 0 radical (unpaired) electrons. The average Bonchev–Trinajstić information content (AvgIpc) is 3.14. The van der Waals surface area contributed by atoms with Crippen LogP contribution in [0.4, 0.5) is 6.01 Å². The summed E-state index contributed by atoms with van der Waals surface area (Å²) in [7, 11) is 0. The van der Waals surface area contributed by atoms with Gasteiger partial charge in [0.2, 0.25) is 5.91 Å². The van der Waals surface area contributed by atoms with Gasteiger partial charge in [-0.3, -0.25) is 4.79 Å². The highest BCUT2D eigenvalue weighted by Gasteiger charge is 2.35. The molecule has 1 aliphatic heterocycles. The zero-order valence-corrected chi connectivity index (χ0v) is 12.6. The van der Waals surface area contributed by atoms with Crippen molar-refractivity contribution >= 4 is 23.0 Å². The van der Waals surface area contributed by atoms with Gasteiger partial charge < -0.3 is 14.2 Å². The minimum Gasteiger partial charge on any atom is -0.423 e. The van der Waals surface area contributed by atoms with E-state index < -0.39 is 0 Å². The molecule has 1 atom stereocenters. The SMILES string of the molecule is CCN(CC)C(=O)[C@@H]1CCCN1c1nc2ccccc2o1. The minimum absolute atomic E-state index is 0.141. The van der Waals surface area contributed by atoms with Crippen molar-refractivity contribution in [3.63, 3.8) is 0 Å². The lowest BCUT2D eigenvalue weighted by molar-refractivity contribution is -0.132. The lowest BCUT2D eigenvalue weighted by Gasteiger charge is -2.27. The Bertz CT molecular complexity index is 600. The van der Waals surface area contributed by atoms with Crippen molar-refractivity contribution in [2.24, 2.45) is 0 Å². The maximum Gasteiger partial charge on any atom is 0.299 e. The molecular formula is C16H21N3O2. The highest BCUT2D eigenvalue weighted by atomic mass is 16.4. The summed E-state index contributed by atoms with van der Waals surface area (Å²) in [6.07, 6.45) is 1.87. The molecule has 0 unspecified atom stereocenters. The molecule has 112 valence electrons. The van der Waals surface area contributed by atoms with Gasteiger partial charge in [-0.1, -0.05) is 12.1 Å². The molecule has 0 spiro atoms. The number of rotatable bonds is 4. The summed E-state index contributed by atoms with van der Waals surface area (Å²) < 4.78 is 5.82. The zero-order chi connectivity index (χ0) is 14.8. The van der Waals surface area contributed by atoms with Crippen LogP contribution in [-0.4, -0.2) is 41.5 Å². The standard InChI is InChI=1S/C16H21N3O2/c1-3-18(4-2)15(20)13-9-7-11-19(13)16-17-12-8-5-6-10-14(12)21-16/h5-6,8,10,13H,3-4,7,9,11H2,1-2H3/t13-/m0/s1. The van der Waals surface area contributed by atoms with Crippen LogP contribution in [0, 0.1) is 0 Å². The molecule has 2 heterocycles. The van der Waals surface area contributed by atoms with Crippen molar-refractivity contribution in [1.82, 2.24) is 9.88 Å². The average molecular weight is 287 g/mol. The van der Waals surface area contributed by atoms with Crippen LogP contribution in [0.1, 0.15) is 26.7 Å². The number of likely N-dealkylation sites (N-methyl/N-ethyl adjacent to an activating group) is 1. The lowest BCUT2D eigenvalue weighted by atomic mass is 10.2. The first-order chi connectivity index (χ1) is 10.2. The smallest absolute Gasteiger partial charge is 0.299 e. The maximum absolute atomic E-state index is 12.6. The summed E-state index contributed by atoms with van der Waals surface area (Å²) in [4.78, 5) is 21.0. The first-order valence-corrected chi connectivity index (χ1v) is 7.65. The molecule has 1 aromatic carbocycles. The van der Waals surface area contributed by atoms with Crippen LogP contribution in [0.2, 0.25) is 0 Å². The van der Waals surface area contributed by atoms with Crippen LogP contribution in [0.3, 0.4) is 0 Å². The third-order valence-corrected chi connectivity index (χ3v) is 4.14. The van der Waals surface area contributed by atoms with Crippen LogP contribution >= 0.6 is 0 Å². The molecule has 0 saturated carbocycles. The summed E-state index contributed by atoms with van der Waals surface area (Å²) in [5, 5.41) is 0. The highest BCUT2D eigenvalue weighted by Crippen LogP contribution is 2.29. The number of carbonyl (C=O) groups excluding carboxylic acids is 1. The summed E-state index contributed by atoms with van der Waals surface area (Å²) in [5.41, 5.74) is 1.61. The van der Waals surface area contributed by atoms with E-state index in [4.69, 9.17) is 4.42 Å². The Kier molecular flexibility index (Phi) is 3.82. The van der Waals surface area contributed by atoms with Gasteiger partial charge in [0.15, 0.2) is 5.58 Å². The molecule has 5 heteroatoms. The van der Waals surface area contributed by atoms with Crippen LogP contribution < -0.4 is 4.90 Å². The molecule has 0 aliphatic carbocycles. The molecule has 0 bridgehead atoms. The Balaban J connectivity index is 1.88. The Morgan fingerprint density at radius 2 is 2.14 bits per heavy atom. The fourth-order valence-corrected chi connectivity index (χ4v) is 2.98. The van der Waals surface area contributed by atoms with Crippen molar-refractivity contribution in [2.75, 3.05) is 24.5 Å². The number of hydrogen-bond acceptors (Lipinski definition) is 4. The Labute approximate surface area is 124 Å². The van der Waals surface area contributed by atoms with Gasteiger partial charge in [-0.05, 0) is 38.8 Å². The van der Waals surface area contributed by atoms with Crippen molar-refractivity contribution in [3.05, 3.63) is 24.3 Å². The van der Waals surface area contributed by atoms with Crippen LogP contribution in [0.15, 0.2) is 28.7 Å². The normalized spacial score (nSPS) is 18.4. The van der Waals surface area contributed by atoms with E-state index in [1.54, 1.807) is 0 Å². The highest BCUT2D eigenvalue weighted by molar-refractivity contribution is 5.86. The third kappa shape index (κ3) is 2.48. The first-order valence-electron chi connectivity index (χ1n) is 7.65. The van der Waals surface area contributed by atoms with E-state index in [2.05, 4.69) is 4.98 Å². The van der Waals surface area contributed by atoms with Gasteiger partial charge in [-0.25, -0.2) is 0 Å². The van der Waals surface area contributed by atoms with E-state index >= 15 is 0 Å². The topological polar surface area (TPSA) is 49.6 Å².